The van der Waals surface area contributed by atoms with Crippen molar-refractivity contribution in [2.24, 2.45) is 10.9 Å². The molecule has 0 aromatic rings. The summed E-state index contributed by atoms with van der Waals surface area (Å²) in [7, 11) is 0. The first-order valence-corrected chi connectivity index (χ1v) is 4.89. The molecule has 4 heteroatoms. The maximum Gasteiger partial charge on any atom is 0.194 e. The number of nitrogens with zero attached hydrogens (tertiary/aromatic N) is 2. The van der Waals surface area contributed by atoms with E-state index in [9.17, 15) is 0 Å². The second-order valence-corrected chi connectivity index (χ2v) is 3.80. The van der Waals surface area contributed by atoms with Gasteiger partial charge in [-0.15, -0.1) is 24.0 Å². The van der Waals surface area contributed by atoms with Crippen molar-refractivity contribution >= 4 is 29.9 Å². The Morgan fingerprint density at radius 3 is 2.62 bits per heavy atom. The van der Waals surface area contributed by atoms with Gasteiger partial charge in [-0.25, -0.2) is 0 Å². The van der Waals surface area contributed by atoms with E-state index in [0.717, 1.165) is 25.0 Å². The number of halogens is 1. The fraction of sp³-hybridized carbons (Fsp3) is 0.889. The highest BCUT2D eigenvalue weighted by Crippen LogP contribution is 2.16. The molecule has 2 aliphatic heterocycles. The molecule has 2 rings (SSSR count). The Bertz CT molecular complexity index is 185. The highest BCUT2D eigenvalue weighted by Gasteiger charge is 2.19. The number of guanidine groups is 1. The van der Waals surface area contributed by atoms with Crippen LogP contribution in [0.5, 0.6) is 0 Å². The van der Waals surface area contributed by atoms with Crippen LogP contribution in [0, 0.1) is 5.92 Å². The number of likely N-dealkylation sites (tertiary alicyclic amines) is 1. The normalized spacial score (nSPS) is 23.5. The Morgan fingerprint density at radius 2 is 2.08 bits per heavy atom. The SMILES string of the molecule is CC1CCN(C2=NCCN2)CC1.I. The molecule has 0 unspecified atom stereocenters. The van der Waals surface area contributed by atoms with Gasteiger partial charge in [0, 0.05) is 19.6 Å². The van der Waals surface area contributed by atoms with E-state index in [2.05, 4.69) is 22.1 Å². The summed E-state index contributed by atoms with van der Waals surface area (Å²) in [5, 5.41) is 3.32. The van der Waals surface area contributed by atoms with Gasteiger partial charge in [-0.1, -0.05) is 6.92 Å². The molecule has 3 nitrogen and oxygen atoms in total. The molecule has 1 saturated heterocycles. The van der Waals surface area contributed by atoms with E-state index in [1.54, 1.807) is 0 Å². The van der Waals surface area contributed by atoms with Crippen LogP contribution in [0.3, 0.4) is 0 Å². The van der Waals surface area contributed by atoms with Gasteiger partial charge in [0.2, 0.25) is 0 Å². The van der Waals surface area contributed by atoms with Gasteiger partial charge < -0.3 is 10.2 Å². The Morgan fingerprint density at radius 1 is 1.38 bits per heavy atom. The quantitative estimate of drug-likeness (QED) is 0.682. The first-order chi connectivity index (χ1) is 5.86. The van der Waals surface area contributed by atoms with Crippen LogP contribution in [0.4, 0.5) is 0 Å². The molecule has 0 amide bonds. The summed E-state index contributed by atoms with van der Waals surface area (Å²) in [6.45, 7) is 6.70. The molecule has 0 saturated carbocycles. The van der Waals surface area contributed by atoms with E-state index in [-0.39, 0.29) is 24.0 Å². The summed E-state index contributed by atoms with van der Waals surface area (Å²) < 4.78 is 0. The molecule has 13 heavy (non-hydrogen) atoms. The van der Waals surface area contributed by atoms with Crippen molar-refractivity contribution in [3.05, 3.63) is 0 Å². The van der Waals surface area contributed by atoms with E-state index in [1.165, 1.54) is 25.9 Å². The predicted octanol–water partition coefficient (Wildman–Crippen LogP) is 1.30. The number of piperidine rings is 1. The summed E-state index contributed by atoms with van der Waals surface area (Å²) in [6.07, 6.45) is 2.64. The first kappa shape index (κ1) is 11.1. The smallest absolute Gasteiger partial charge is 0.194 e. The highest BCUT2D eigenvalue weighted by atomic mass is 127. The minimum atomic E-state index is 0. The average Bonchev–Trinajstić information content (AvgIpc) is 2.58. The third-order valence-electron chi connectivity index (χ3n) is 2.74. The third kappa shape index (κ3) is 2.72. The molecule has 1 fully saturated rings. The van der Waals surface area contributed by atoms with Crippen molar-refractivity contribution < 1.29 is 0 Å². The standard InChI is InChI=1S/C9H17N3.HI/c1-8-2-6-12(7-3-8)9-10-4-5-11-9;/h8H,2-7H2,1H3,(H,10,11);1H. The minimum Gasteiger partial charge on any atom is -0.354 e. The van der Waals surface area contributed by atoms with Crippen molar-refractivity contribution in [2.75, 3.05) is 26.2 Å². The molecule has 0 bridgehead atoms. The van der Waals surface area contributed by atoms with Crippen molar-refractivity contribution in [2.45, 2.75) is 19.8 Å². The lowest BCUT2D eigenvalue weighted by atomic mass is 10.00. The molecule has 0 radical (unpaired) electrons. The van der Waals surface area contributed by atoms with Gasteiger partial charge in [-0.2, -0.15) is 0 Å². The minimum absolute atomic E-state index is 0. The number of hydrogen-bond acceptors (Lipinski definition) is 3. The Kier molecular flexibility index (Phi) is 4.28. The van der Waals surface area contributed by atoms with Crippen LogP contribution in [0.15, 0.2) is 4.99 Å². The van der Waals surface area contributed by atoms with Crippen molar-refractivity contribution in [3.63, 3.8) is 0 Å². The average molecular weight is 295 g/mol. The number of nitrogens with one attached hydrogen (secondary N) is 1. The Hall–Kier alpha value is 0. The van der Waals surface area contributed by atoms with Gasteiger partial charge in [0.15, 0.2) is 5.96 Å². The number of hydrogen-bond donors (Lipinski definition) is 1. The van der Waals surface area contributed by atoms with Crippen LogP contribution in [0.1, 0.15) is 19.8 Å². The molecule has 1 N–H and O–H groups in total. The molecular formula is C9H18IN3. The zero-order valence-electron chi connectivity index (χ0n) is 8.12. The summed E-state index contributed by atoms with van der Waals surface area (Å²) in [4.78, 5) is 6.80. The van der Waals surface area contributed by atoms with E-state index >= 15 is 0 Å². The lowest BCUT2D eigenvalue weighted by Crippen LogP contribution is -2.43. The van der Waals surface area contributed by atoms with E-state index in [0.29, 0.717) is 0 Å². The van der Waals surface area contributed by atoms with Crippen molar-refractivity contribution in [1.29, 1.82) is 0 Å². The van der Waals surface area contributed by atoms with Crippen LogP contribution >= 0.6 is 24.0 Å². The van der Waals surface area contributed by atoms with Crippen LogP contribution in [0.2, 0.25) is 0 Å². The molecule has 0 aromatic carbocycles. The molecule has 0 aromatic heterocycles. The molecule has 2 aliphatic rings. The summed E-state index contributed by atoms with van der Waals surface area (Å²) >= 11 is 0. The van der Waals surface area contributed by atoms with Gasteiger partial charge in [0.05, 0.1) is 6.54 Å². The predicted molar refractivity (Wildman–Crippen MR) is 65.7 cm³/mol. The van der Waals surface area contributed by atoms with E-state index in [4.69, 9.17) is 0 Å². The molecule has 2 heterocycles. The van der Waals surface area contributed by atoms with Crippen molar-refractivity contribution in [1.82, 2.24) is 10.2 Å². The molecule has 0 spiro atoms. The van der Waals surface area contributed by atoms with Crippen molar-refractivity contribution in [3.8, 4) is 0 Å². The van der Waals surface area contributed by atoms with Crippen LogP contribution in [0.25, 0.3) is 0 Å². The molecule has 76 valence electrons. The molecule has 0 aliphatic carbocycles. The van der Waals surface area contributed by atoms with E-state index in [1.807, 2.05) is 0 Å². The lowest BCUT2D eigenvalue weighted by Gasteiger charge is -2.31. The largest absolute Gasteiger partial charge is 0.354 e. The fourth-order valence-corrected chi connectivity index (χ4v) is 1.82. The topological polar surface area (TPSA) is 27.6 Å². The van der Waals surface area contributed by atoms with Gasteiger partial charge >= 0.3 is 0 Å². The fourth-order valence-electron chi connectivity index (χ4n) is 1.82. The first-order valence-electron chi connectivity index (χ1n) is 4.89. The second-order valence-electron chi connectivity index (χ2n) is 3.80. The second kappa shape index (κ2) is 5.02. The van der Waals surface area contributed by atoms with Crippen LogP contribution < -0.4 is 5.32 Å². The Labute approximate surface area is 97.0 Å². The Balaban J connectivity index is 0.000000845. The van der Waals surface area contributed by atoms with Gasteiger partial charge in [0.1, 0.15) is 0 Å². The summed E-state index contributed by atoms with van der Waals surface area (Å²) in [6, 6.07) is 0. The third-order valence-corrected chi connectivity index (χ3v) is 2.74. The number of aliphatic imine (C=N–C) groups is 1. The molecular weight excluding hydrogens is 277 g/mol. The zero-order chi connectivity index (χ0) is 8.39. The zero-order valence-corrected chi connectivity index (χ0v) is 10.5. The van der Waals surface area contributed by atoms with Crippen LogP contribution in [-0.4, -0.2) is 37.0 Å². The van der Waals surface area contributed by atoms with Gasteiger partial charge in [-0.3, -0.25) is 4.99 Å². The monoisotopic (exact) mass is 295 g/mol. The maximum absolute atomic E-state index is 4.42. The summed E-state index contributed by atoms with van der Waals surface area (Å²) in [5.74, 6) is 2.05. The maximum atomic E-state index is 4.42. The van der Waals surface area contributed by atoms with Gasteiger partial charge in [-0.05, 0) is 18.8 Å². The number of rotatable bonds is 0. The molecule has 0 atom stereocenters. The van der Waals surface area contributed by atoms with E-state index < -0.39 is 0 Å². The van der Waals surface area contributed by atoms with Gasteiger partial charge in [0.25, 0.3) is 0 Å². The highest BCUT2D eigenvalue weighted by molar-refractivity contribution is 14.0. The summed E-state index contributed by atoms with van der Waals surface area (Å²) in [5.41, 5.74) is 0. The van der Waals surface area contributed by atoms with Crippen LogP contribution in [-0.2, 0) is 0 Å². The lowest BCUT2D eigenvalue weighted by molar-refractivity contribution is 0.276.